The molecule has 1 atom stereocenters. The number of thioether (sulfide) groups is 1. The van der Waals surface area contributed by atoms with Crippen LogP contribution in [0.2, 0.25) is 5.02 Å². The molecular weight excluding hydrogens is 446 g/mol. The summed E-state index contributed by atoms with van der Waals surface area (Å²) in [6, 6.07) is 13.6. The molecule has 2 aromatic heterocycles. The summed E-state index contributed by atoms with van der Waals surface area (Å²) in [7, 11) is 1.81. The molecule has 2 aromatic carbocycles. The third-order valence-electron chi connectivity index (χ3n) is 5.31. The second kappa shape index (κ2) is 9.54. The van der Waals surface area contributed by atoms with Crippen LogP contribution in [0.1, 0.15) is 24.1 Å². The molecule has 0 aliphatic heterocycles. The van der Waals surface area contributed by atoms with E-state index in [1.165, 1.54) is 18.1 Å². The maximum absolute atomic E-state index is 12.9. The maximum atomic E-state index is 12.9. The molecule has 0 bridgehead atoms. The van der Waals surface area contributed by atoms with Gasteiger partial charge in [-0.3, -0.25) is 9.36 Å². The Balaban J connectivity index is 1.40. The number of aromatic nitrogens is 6. The first-order valence-electron chi connectivity index (χ1n) is 9.94. The Morgan fingerprint density at radius 2 is 1.91 bits per heavy atom. The number of rotatable bonds is 7. The number of nitrogens with zero attached hydrogens (tertiary/aromatic N) is 7. The molecule has 0 radical (unpaired) electrons. The van der Waals surface area contributed by atoms with E-state index in [2.05, 4.69) is 20.3 Å². The zero-order valence-corrected chi connectivity index (χ0v) is 19.5. The van der Waals surface area contributed by atoms with Crippen LogP contribution in [0.3, 0.4) is 0 Å². The minimum absolute atomic E-state index is 0.000610. The quantitative estimate of drug-likeness (QED) is 0.380. The van der Waals surface area contributed by atoms with Gasteiger partial charge in [0.25, 0.3) is 0 Å². The minimum Gasteiger partial charge on any atom is -0.338 e. The van der Waals surface area contributed by atoms with Crippen LogP contribution < -0.4 is 0 Å². The van der Waals surface area contributed by atoms with Gasteiger partial charge in [0, 0.05) is 12.1 Å². The highest BCUT2D eigenvalue weighted by Crippen LogP contribution is 2.25. The molecule has 4 aromatic rings. The molecule has 0 saturated carbocycles. The molecule has 10 heteroatoms. The molecule has 0 aliphatic rings. The highest BCUT2D eigenvalue weighted by molar-refractivity contribution is 7.99. The number of hydrogen-bond acceptors (Lipinski definition) is 6. The lowest BCUT2D eigenvalue weighted by atomic mass is 10.1. The Bertz CT molecular complexity index is 1210. The molecule has 0 fully saturated rings. The lowest BCUT2D eigenvalue weighted by Crippen LogP contribution is -2.31. The Hall–Kier alpha value is -3.17. The molecule has 0 spiro atoms. The predicted molar refractivity (Wildman–Crippen MR) is 124 cm³/mol. The SMILES string of the molecule is Cc1ccc(-n2cnnc2SCC(=O)N(C)C(C)c2ccc(-n3cncn3)cc2)cc1Cl. The average Bonchev–Trinajstić information content (AvgIpc) is 3.51. The van der Waals surface area contributed by atoms with Crippen molar-refractivity contribution in [1.82, 2.24) is 34.4 Å². The lowest BCUT2D eigenvalue weighted by Gasteiger charge is -2.25. The normalized spacial score (nSPS) is 12.0. The Morgan fingerprint density at radius 3 is 2.59 bits per heavy atom. The lowest BCUT2D eigenvalue weighted by molar-refractivity contribution is -0.128. The van der Waals surface area contributed by atoms with E-state index in [0.717, 1.165) is 22.5 Å². The number of aryl methyl sites for hydroxylation is 1. The van der Waals surface area contributed by atoms with Crippen molar-refractivity contribution in [3.05, 3.63) is 77.6 Å². The summed E-state index contributed by atoms with van der Waals surface area (Å²) in [4.78, 5) is 18.6. The summed E-state index contributed by atoms with van der Waals surface area (Å²) >= 11 is 7.60. The largest absolute Gasteiger partial charge is 0.338 e. The van der Waals surface area contributed by atoms with Crippen LogP contribution in [0.15, 0.2) is 66.6 Å². The van der Waals surface area contributed by atoms with Gasteiger partial charge in [0.2, 0.25) is 5.91 Å². The third kappa shape index (κ3) is 4.68. The molecule has 32 heavy (non-hydrogen) atoms. The second-order valence-electron chi connectivity index (χ2n) is 7.32. The fourth-order valence-electron chi connectivity index (χ4n) is 3.15. The van der Waals surface area contributed by atoms with Crippen LogP contribution >= 0.6 is 23.4 Å². The van der Waals surface area contributed by atoms with Crippen molar-refractivity contribution in [1.29, 1.82) is 0 Å². The standard InChI is InChI=1S/C22H22ClN7OS/c1-15-4-7-19(10-20(15)23)29-14-25-27-22(29)32-11-21(31)28(3)16(2)17-5-8-18(9-6-17)30-13-24-12-26-30/h4-10,12-14,16H,11H2,1-3H3. The number of amides is 1. The molecule has 1 amide bonds. The van der Waals surface area contributed by atoms with Gasteiger partial charge in [0.1, 0.15) is 19.0 Å². The summed E-state index contributed by atoms with van der Waals surface area (Å²) in [5.74, 6) is 0.246. The highest BCUT2D eigenvalue weighted by atomic mass is 35.5. The molecule has 0 saturated heterocycles. The molecule has 164 valence electrons. The van der Waals surface area contributed by atoms with Gasteiger partial charge in [-0.2, -0.15) is 5.10 Å². The average molecular weight is 468 g/mol. The topological polar surface area (TPSA) is 81.7 Å². The molecule has 4 rings (SSSR count). The molecule has 0 N–H and O–H groups in total. The fourth-order valence-corrected chi connectivity index (χ4v) is 4.17. The smallest absolute Gasteiger partial charge is 0.233 e. The Kier molecular flexibility index (Phi) is 6.57. The van der Waals surface area contributed by atoms with Gasteiger partial charge in [-0.05, 0) is 49.2 Å². The molecule has 0 aliphatic carbocycles. The second-order valence-corrected chi connectivity index (χ2v) is 8.67. The van der Waals surface area contributed by atoms with Gasteiger partial charge in [0.15, 0.2) is 5.16 Å². The Labute approximate surface area is 195 Å². The Morgan fingerprint density at radius 1 is 1.16 bits per heavy atom. The van der Waals surface area contributed by atoms with Gasteiger partial charge < -0.3 is 4.90 Å². The van der Waals surface area contributed by atoms with Gasteiger partial charge >= 0.3 is 0 Å². The molecule has 2 heterocycles. The van der Waals surface area contributed by atoms with Crippen molar-refractivity contribution in [2.24, 2.45) is 0 Å². The molecular formula is C22H22ClN7OS. The zero-order chi connectivity index (χ0) is 22.7. The monoisotopic (exact) mass is 467 g/mol. The summed E-state index contributed by atoms with van der Waals surface area (Å²) in [5, 5.41) is 13.6. The van der Waals surface area contributed by atoms with Gasteiger partial charge in [-0.15, -0.1) is 10.2 Å². The third-order valence-corrected chi connectivity index (χ3v) is 6.64. The first kappa shape index (κ1) is 22.0. The van der Waals surface area contributed by atoms with Crippen LogP contribution in [0.4, 0.5) is 0 Å². The highest BCUT2D eigenvalue weighted by Gasteiger charge is 2.19. The zero-order valence-electron chi connectivity index (χ0n) is 17.9. The molecule has 1 unspecified atom stereocenters. The van der Waals surface area contributed by atoms with Crippen molar-refractivity contribution in [3.8, 4) is 11.4 Å². The summed E-state index contributed by atoms with van der Waals surface area (Å²) in [5.41, 5.74) is 3.80. The number of carbonyl (C=O) groups is 1. The first-order valence-corrected chi connectivity index (χ1v) is 11.3. The van der Waals surface area contributed by atoms with E-state index in [0.29, 0.717) is 10.2 Å². The van der Waals surface area contributed by atoms with E-state index in [4.69, 9.17) is 11.6 Å². The van der Waals surface area contributed by atoms with Crippen LogP contribution in [0.5, 0.6) is 0 Å². The van der Waals surface area contributed by atoms with Crippen molar-refractivity contribution in [2.75, 3.05) is 12.8 Å². The van der Waals surface area contributed by atoms with E-state index >= 15 is 0 Å². The van der Waals surface area contributed by atoms with Crippen LogP contribution in [-0.2, 0) is 4.79 Å². The van der Waals surface area contributed by atoms with Gasteiger partial charge in [0.05, 0.1) is 23.2 Å². The summed E-state index contributed by atoms with van der Waals surface area (Å²) < 4.78 is 3.52. The van der Waals surface area contributed by atoms with Crippen molar-refractivity contribution in [2.45, 2.75) is 25.0 Å². The van der Waals surface area contributed by atoms with Gasteiger partial charge in [-0.1, -0.05) is 41.6 Å². The predicted octanol–water partition coefficient (Wildman–Crippen LogP) is 4.12. The van der Waals surface area contributed by atoms with Crippen LogP contribution in [-0.4, -0.2) is 53.1 Å². The van der Waals surface area contributed by atoms with E-state index < -0.39 is 0 Å². The van der Waals surface area contributed by atoms with E-state index in [1.54, 1.807) is 22.2 Å². The number of halogens is 1. The van der Waals surface area contributed by atoms with E-state index in [-0.39, 0.29) is 17.7 Å². The van der Waals surface area contributed by atoms with Gasteiger partial charge in [-0.25, -0.2) is 9.67 Å². The summed E-state index contributed by atoms with van der Waals surface area (Å²) in [6.07, 6.45) is 4.76. The number of hydrogen-bond donors (Lipinski definition) is 0. The van der Waals surface area contributed by atoms with Crippen LogP contribution in [0.25, 0.3) is 11.4 Å². The minimum atomic E-state index is -0.0818. The molecule has 8 nitrogen and oxygen atoms in total. The van der Waals surface area contributed by atoms with Crippen molar-refractivity contribution < 1.29 is 4.79 Å². The number of benzene rings is 2. The number of carbonyl (C=O) groups excluding carboxylic acids is 1. The maximum Gasteiger partial charge on any atom is 0.233 e. The fraction of sp³-hybridized carbons (Fsp3) is 0.227. The van der Waals surface area contributed by atoms with Crippen LogP contribution in [0, 0.1) is 6.92 Å². The van der Waals surface area contributed by atoms with E-state index in [1.807, 2.05) is 67.9 Å². The van der Waals surface area contributed by atoms with Crippen molar-refractivity contribution in [3.63, 3.8) is 0 Å². The first-order chi connectivity index (χ1) is 15.4. The van der Waals surface area contributed by atoms with Crippen molar-refractivity contribution >= 4 is 29.3 Å². The van der Waals surface area contributed by atoms with E-state index in [9.17, 15) is 4.79 Å². The summed E-state index contributed by atoms with van der Waals surface area (Å²) in [6.45, 7) is 3.95.